The average Bonchev–Trinajstić information content (AvgIpc) is 2.35. The Morgan fingerprint density at radius 2 is 2.16 bits per heavy atom. The van der Waals surface area contributed by atoms with Gasteiger partial charge in [0.05, 0.1) is 17.4 Å². The number of benzene rings is 1. The van der Waals surface area contributed by atoms with Crippen LogP contribution < -0.4 is 11.1 Å². The van der Waals surface area contributed by atoms with Gasteiger partial charge in [0.25, 0.3) is 5.91 Å². The van der Waals surface area contributed by atoms with E-state index in [9.17, 15) is 4.79 Å². The van der Waals surface area contributed by atoms with Gasteiger partial charge in [-0.15, -0.1) is 0 Å². The SMILES string of the molecule is Cc1cc(Br)ccc1NC(=O)c1cc(Cl)ncc1N. The van der Waals surface area contributed by atoms with Crippen molar-refractivity contribution in [2.24, 2.45) is 0 Å². The van der Waals surface area contributed by atoms with Crippen molar-refractivity contribution in [2.75, 3.05) is 11.1 Å². The lowest BCUT2D eigenvalue weighted by Gasteiger charge is -2.10. The molecule has 0 aliphatic rings. The Kier molecular flexibility index (Phi) is 4.07. The molecule has 3 N–H and O–H groups in total. The van der Waals surface area contributed by atoms with E-state index in [0.717, 1.165) is 15.7 Å². The predicted molar refractivity (Wildman–Crippen MR) is 80.5 cm³/mol. The van der Waals surface area contributed by atoms with Crippen LogP contribution in [0.3, 0.4) is 0 Å². The Balaban J connectivity index is 2.28. The van der Waals surface area contributed by atoms with Gasteiger partial charge >= 0.3 is 0 Å². The van der Waals surface area contributed by atoms with Gasteiger partial charge in [-0.05, 0) is 36.8 Å². The first kappa shape index (κ1) is 13.8. The van der Waals surface area contributed by atoms with E-state index in [1.807, 2.05) is 25.1 Å². The van der Waals surface area contributed by atoms with E-state index in [4.69, 9.17) is 17.3 Å². The Bertz CT molecular complexity index is 646. The first-order valence-electron chi connectivity index (χ1n) is 5.46. The Hall–Kier alpha value is -1.59. The van der Waals surface area contributed by atoms with E-state index in [-0.39, 0.29) is 16.7 Å². The molecule has 4 nitrogen and oxygen atoms in total. The number of halogens is 2. The van der Waals surface area contributed by atoms with Crippen LogP contribution in [0, 0.1) is 6.92 Å². The Labute approximate surface area is 124 Å². The van der Waals surface area contributed by atoms with Gasteiger partial charge in [0.1, 0.15) is 5.15 Å². The van der Waals surface area contributed by atoms with Crippen molar-refractivity contribution in [3.05, 3.63) is 51.2 Å². The number of pyridine rings is 1. The van der Waals surface area contributed by atoms with Crippen molar-refractivity contribution in [1.82, 2.24) is 4.98 Å². The number of hydrogen-bond donors (Lipinski definition) is 2. The maximum Gasteiger partial charge on any atom is 0.257 e. The second-order valence-corrected chi connectivity index (χ2v) is 5.31. The lowest BCUT2D eigenvalue weighted by molar-refractivity contribution is 0.102. The van der Waals surface area contributed by atoms with Gasteiger partial charge in [0, 0.05) is 10.2 Å². The first-order chi connectivity index (χ1) is 8.97. The van der Waals surface area contributed by atoms with Gasteiger partial charge in [-0.25, -0.2) is 4.98 Å². The Morgan fingerprint density at radius 3 is 2.84 bits per heavy atom. The third kappa shape index (κ3) is 3.24. The summed E-state index contributed by atoms with van der Waals surface area (Å²) in [4.78, 5) is 15.9. The molecule has 1 amide bonds. The number of aromatic nitrogens is 1. The molecule has 6 heteroatoms. The summed E-state index contributed by atoms with van der Waals surface area (Å²) in [5, 5.41) is 3.02. The van der Waals surface area contributed by atoms with Crippen LogP contribution in [-0.2, 0) is 0 Å². The number of nitrogens with two attached hydrogens (primary N) is 1. The molecule has 0 saturated heterocycles. The lowest BCUT2D eigenvalue weighted by atomic mass is 10.1. The summed E-state index contributed by atoms with van der Waals surface area (Å²) in [5.74, 6) is -0.313. The molecule has 0 radical (unpaired) electrons. The molecule has 0 aliphatic carbocycles. The van der Waals surface area contributed by atoms with Gasteiger partial charge in [-0.2, -0.15) is 0 Å². The molecule has 0 bridgehead atoms. The standard InChI is InChI=1S/C13H11BrClN3O/c1-7-4-8(14)2-3-11(7)18-13(19)9-5-12(15)17-6-10(9)16/h2-6H,16H2,1H3,(H,18,19). The summed E-state index contributed by atoms with van der Waals surface area (Å²) < 4.78 is 0.953. The molecule has 0 unspecified atom stereocenters. The second kappa shape index (κ2) is 5.59. The van der Waals surface area contributed by atoms with Gasteiger partial charge in [0.2, 0.25) is 0 Å². The normalized spacial score (nSPS) is 10.3. The van der Waals surface area contributed by atoms with Crippen LogP contribution in [0.25, 0.3) is 0 Å². The summed E-state index contributed by atoms with van der Waals surface area (Å²) >= 11 is 9.13. The van der Waals surface area contributed by atoms with E-state index < -0.39 is 0 Å². The highest BCUT2D eigenvalue weighted by Gasteiger charge is 2.12. The summed E-state index contributed by atoms with van der Waals surface area (Å²) in [6.07, 6.45) is 1.37. The minimum Gasteiger partial charge on any atom is -0.397 e. The second-order valence-electron chi connectivity index (χ2n) is 4.01. The van der Waals surface area contributed by atoms with Crippen molar-refractivity contribution < 1.29 is 4.79 Å². The molecule has 1 aromatic carbocycles. The number of nitrogens with one attached hydrogen (secondary N) is 1. The van der Waals surface area contributed by atoms with Crippen molar-refractivity contribution in [1.29, 1.82) is 0 Å². The van der Waals surface area contributed by atoms with Gasteiger partial charge in [-0.1, -0.05) is 27.5 Å². The topological polar surface area (TPSA) is 68.0 Å². The minimum atomic E-state index is -0.313. The maximum absolute atomic E-state index is 12.1. The van der Waals surface area contributed by atoms with E-state index in [1.165, 1.54) is 12.3 Å². The number of rotatable bonds is 2. The number of nitrogen functional groups attached to an aromatic ring is 1. The summed E-state index contributed by atoms with van der Waals surface area (Å²) in [6, 6.07) is 7.03. The molecule has 2 rings (SSSR count). The summed E-state index contributed by atoms with van der Waals surface area (Å²) in [6.45, 7) is 1.91. The molecule has 19 heavy (non-hydrogen) atoms. The average molecular weight is 341 g/mol. The highest BCUT2D eigenvalue weighted by Crippen LogP contribution is 2.22. The molecule has 2 aromatic rings. The molecule has 1 heterocycles. The monoisotopic (exact) mass is 339 g/mol. The highest BCUT2D eigenvalue weighted by molar-refractivity contribution is 9.10. The zero-order chi connectivity index (χ0) is 14.0. The van der Waals surface area contributed by atoms with Crippen LogP contribution in [0.1, 0.15) is 15.9 Å². The maximum atomic E-state index is 12.1. The first-order valence-corrected chi connectivity index (χ1v) is 6.63. The van der Waals surface area contributed by atoms with Crippen LogP contribution in [0.15, 0.2) is 34.9 Å². The van der Waals surface area contributed by atoms with E-state index >= 15 is 0 Å². The zero-order valence-electron chi connectivity index (χ0n) is 10.1. The highest BCUT2D eigenvalue weighted by atomic mass is 79.9. The number of nitrogens with zero attached hydrogens (tertiary/aromatic N) is 1. The molecular weight excluding hydrogens is 330 g/mol. The molecule has 0 aliphatic heterocycles. The third-order valence-electron chi connectivity index (χ3n) is 2.58. The molecule has 0 fully saturated rings. The molecular formula is C13H11BrClN3O. The molecule has 1 aromatic heterocycles. The summed E-state index contributed by atoms with van der Waals surface area (Å²) in [7, 11) is 0. The van der Waals surface area contributed by atoms with Crippen LogP contribution in [0.4, 0.5) is 11.4 Å². The van der Waals surface area contributed by atoms with Crippen LogP contribution >= 0.6 is 27.5 Å². The fourth-order valence-corrected chi connectivity index (χ4v) is 2.23. The third-order valence-corrected chi connectivity index (χ3v) is 3.28. The molecule has 0 saturated carbocycles. The van der Waals surface area contributed by atoms with Crippen LogP contribution in [0.2, 0.25) is 5.15 Å². The van der Waals surface area contributed by atoms with E-state index in [0.29, 0.717) is 5.56 Å². The van der Waals surface area contributed by atoms with Crippen molar-refractivity contribution >= 4 is 44.8 Å². The quantitative estimate of drug-likeness (QED) is 0.820. The van der Waals surface area contributed by atoms with E-state index in [1.54, 1.807) is 0 Å². The lowest BCUT2D eigenvalue weighted by Crippen LogP contribution is -2.15. The molecule has 0 spiro atoms. The zero-order valence-corrected chi connectivity index (χ0v) is 12.4. The van der Waals surface area contributed by atoms with Crippen molar-refractivity contribution in [3.8, 4) is 0 Å². The Morgan fingerprint density at radius 1 is 1.42 bits per heavy atom. The summed E-state index contributed by atoms with van der Waals surface area (Å²) in [5.41, 5.74) is 7.98. The molecule has 0 atom stereocenters. The van der Waals surface area contributed by atoms with Crippen LogP contribution in [-0.4, -0.2) is 10.9 Å². The smallest absolute Gasteiger partial charge is 0.257 e. The predicted octanol–water partition coefficient (Wildman–Crippen LogP) is 3.64. The van der Waals surface area contributed by atoms with Crippen LogP contribution in [0.5, 0.6) is 0 Å². The van der Waals surface area contributed by atoms with Crippen molar-refractivity contribution in [2.45, 2.75) is 6.92 Å². The van der Waals surface area contributed by atoms with Crippen molar-refractivity contribution in [3.63, 3.8) is 0 Å². The van der Waals surface area contributed by atoms with Gasteiger partial charge in [0.15, 0.2) is 0 Å². The number of amides is 1. The largest absolute Gasteiger partial charge is 0.397 e. The number of hydrogen-bond acceptors (Lipinski definition) is 3. The number of carbonyl (C=O) groups excluding carboxylic acids is 1. The van der Waals surface area contributed by atoms with E-state index in [2.05, 4.69) is 26.2 Å². The van der Waals surface area contributed by atoms with Gasteiger partial charge in [-0.3, -0.25) is 4.79 Å². The number of aryl methyl sites for hydroxylation is 1. The number of carbonyl (C=O) groups is 1. The number of anilines is 2. The fourth-order valence-electron chi connectivity index (χ4n) is 1.59. The molecule has 98 valence electrons. The minimum absolute atomic E-state index is 0.229. The fraction of sp³-hybridized carbons (Fsp3) is 0.0769. The van der Waals surface area contributed by atoms with Gasteiger partial charge < -0.3 is 11.1 Å².